The first-order valence-electron chi connectivity index (χ1n) is 6.35. The molecule has 3 heteroatoms. The van der Waals surface area contributed by atoms with E-state index in [1.165, 1.54) is 25.7 Å². The second kappa shape index (κ2) is 4.40. The first-order valence-corrected chi connectivity index (χ1v) is 6.35. The standard InChI is InChI=1S/C14H17NO2/c16-13(8-7-12-2-1-9-17-12)15-14(10-3-4-10)11-5-6-11/h1-2,7-11,14H,3-6H2,(H,15,16)/b8-7+. The summed E-state index contributed by atoms with van der Waals surface area (Å²) < 4.78 is 5.14. The Labute approximate surface area is 101 Å². The van der Waals surface area contributed by atoms with Crippen LogP contribution in [-0.2, 0) is 4.79 Å². The topological polar surface area (TPSA) is 42.2 Å². The summed E-state index contributed by atoms with van der Waals surface area (Å²) in [6.07, 6.45) is 10.0. The van der Waals surface area contributed by atoms with E-state index in [9.17, 15) is 4.79 Å². The molecule has 90 valence electrons. The fourth-order valence-electron chi connectivity index (χ4n) is 2.29. The molecular weight excluding hydrogens is 214 g/mol. The van der Waals surface area contributed by atoms with Gasteiger partial charge in [-0.1, -0.05) is 0 Å². The van der Waals surface area contributed by atoms with E-state index in [-0.39, 0.29) is 5.91 Å². The number of hydrogen-bond acceptors (Lipinski definition) is 2. The molecule has 0 bridgehead atoms. The van der Waals surface area contributed by atoms with Gasteiger partial charge < -0.3 is 9.73 Å². The van der Waals surface area contributed by atoms with Crippen molar-refractivity contribution in [3.8, 4) is 0 Å². The van der Waals surface area contributed by atoms with Crippen LogP contribution in [0, 0.1) is 11.8 Å². The Morgan fingerprint density at radius 3 is 2.59 bits per heavy atom. The van der Waals surface area contributed by atoms with Crippen LogP contribution in [0.3, 0.4) is 0 Å². The zero-order valence-electron chi connectivity index (χ0n) is 9.76. The predicted molar refractivity (Wildman–Crippen MR) is 65.1 cm³/mol. The summed E-state index contributed by atoms with van der Waals surface area (Å²) in [5.41, 5.74) is 0. The van der Waals surface area contributed by atoms with E-state index in [4.69, 9.17) is 4.42 Å². The van der Waals surface area contributed by atoms with E-state index < -0.39 is 0 Å². The maximum Gasteiger partial charge on any atom is 0.244 e. The van der Waals surface area contributed by atoms with Gasteiger partial charge in [-0.05, 0) is 55.7 Å². The van der Waals surface area contributed by atoms with Gasteiger partial charge in [0.25, 0.3) is 0 Å². The molecular formula is C14H17NO2. The highest BCUT2D eigenvalue weighted by molar-refractivity contribution is 5.91. The third-order valence-corrected chi connectivity index (χ3v) is 3.51. The second-order valence-corrected chi connectivity index (χ2v) is 5.06. The molecule has 17 heavy (non-hydrogen) atoms. The summed E-state index contributed by atoms with van der Waals surface area (Å²) in [5, 5.41) is 3.14. The van der Waals surface area contributed by atoms with Crippen molar-refractivity contribution in [2.75, 3.05) is 0 Å². The minimum Gasteiger partial charge on any atom is -0.465 e. The Balaban J connectivity index is 1.55. The molecule has 2 aliphatic carbocycles. The molecule has 1 N–H and O–H groups in total. The summed E-state index contributed by atoms with van der Waals surface area (Å²) in [4.78, 5) is 11.8. The van der Waals surface area contributed by atoms with Gasteiger partial charge in [0.2, 0.25) is 5.91 Å². The molecule has 1 aromatic rings. The van der Waals surface area contributed by atoms with Gasteiger partial charge in [-0.15, -0.1) is 0 Å². The first kappa shape index (κ1) is 10.6. The number of carbonyl (C=O) groups is 1. The van der Waals surface area contributed by atoms with Gasteiger partial charge in [-0.3, -0.25) is 4.79 Å². The second-order valence-electron chi connectivity index (χ2n) is 5.06. The Morgan fingerprint density at radius 1 is 1.35 bits per heavy atom. The van der Waals surface area contributed by atoms with Crippen molar-refractivity contribution in [3.05, 3.63) is 30.2 Å². The lowest BCUT2D eigenvalue weighted by molar-refractivity contribution is -0.117. The van der Waals surface area contributed by atoms with E-state index in [0.717, 1.165) is 17.6 Å². The lowest BCUT2D eigenvalue weighted by atomic mass is 10.1. The van der Waals surface area contributed by atoms with Crippen molar-refractivity contribution in [1.82, 2.24) is 5.32 Å². The third kappa shape index (κ3) is 2.78. The minimum absolute atomic E-state index is 0.00481. The fourth-order valence-corrected chi connectivity index (χ4v) is 2.29. The number of hydrogen-bond donors (Lipinski definition) is 1. The van der Waals surface area contributed by atoms with Gasteiger partial charge in [-0.2, -0.15) is 0 Å². The van der Waals surface area contributed by atoms with Crippen LogP contribution in [0.15, 0.2) is 28.9 Å². The van der Waals surface area contributed by atoms with E-state index in [1.54, 1.807) is 18.4 Å². The monoisotopic (exact) mass is 231 g/mol. The molecule has 2 fully saturated rings. The van der Waals surface area contributed by atoms with Gasteiger partial charge in [0.1, 0.15) is 5.76 Å². The van der Waals surface area contributed by atoms with Crippen LogP contribution in [0.1, 0.15) is 31.4 Å². The zero-order chi connectivity index (χ0) is 11.7. The summed E-state index contributed by atoms with van der Waals surface area (Å²) in [5.74, 6) is 2.20. The lowest BCUT2D eigenvalue weighted by Gasteiger charge is -2.15. The highest BCUT2D eigenvalue weighted by Crippen LogP contribution is 2.44. The third-order valence-electron chi connectivity index (χ3n) is 3.51. The highest BCUT2D eigenvalue weighted by Gasteiger charge is 2.41. The van der Waals surface area contributed by atoms with Crippen LogP contribution in [-0.4, -0.2) is 11.9 Å². The van der Waals surface area contributed by atoms with Crippen LogP contribution < -0.4 is 5.32 Å². The van der Waals surface area contributed by atoms with Crippen LogP contribution in [0.2, 0.25) is 0 Å². The van der Waals surface area contributed by atoms with Gasteiger partial charge in [-0.25, -0.2) is 0 Å². The van der Waals surface area contributed by atoms with Crippen LogP contribution in [0.5, 0.6) is 0 Å². The molecule has 2 aliphatic rings. The number of furan rings is 1. The molecule has 0 radical (unpaired) electrons. The van der Waals surface area contributed by atoms with Crippen molar-refractivity contribution in [1.29, 1.82) is 0 Å². The lowest BCUT2D eigenvalue weighted by Crippen LogP contribution is -2.37. The van der Waals surface area contributed by atoms with Gasteiger partial charge in [0.05, 0.1) is 6.26 Å². The van der Waals surface area contributed by atoms with E-state index in [2.05, 4.69) is 5.32 Å². The largest absolute Gasteiger partial charge is 0.465 e. The average molecular weight is 231 g/mol. The number of carbonyl (C=O) groups excluding carboxylic acids is 1. The van der Waals surface area contributed by atoms with Crippen molar-refractivity contribution in [3.63, 3.8) is 0 Å². The Bertz CT molecular complexity index is 401. The normalized spacial score (nSPS) is 20.1. The molecule has 0 atom stereocenters. The van der Waals surface area contributed by atoms with E-state index in [0.29, 0.717) is 6.04 Å². The van der Waals surface area contributed by atoms with Crippen LogP contribution in [0.4, 0.5) is 0 Å². The summed E-state index contributed by atoms with van der Waals surface area (Å²) in [6, 6.07) is 4.07. The van der Waals surface area contributed by atoms with Crippen LogP contribution in [0.25, 0.3) is 6.08 Å². The molecule has 3 nitrogen and oxygen atoms in total. The summed E-state index contributed by atoms with van der Waals surface area (Å²) >= 11 is 0. The Hall–Kier alpha value is -1.51. The first-order chi connectivity index (χ1) is 8.33. The molecule has 3 rings (SSSR count). The summed E-state index contributed by atoms with van der Waals surface area (Å²) in [7, 11) is 0. The average Bonchev–Trinajstić information content (AvgIpc) is 3.24. The molecule has 0 spiro atoms. The van der Waals surface area contributed by atoms with E-state index in [1.807, 2.05) is 12.1 Å². The predicted octanol–water partition coefficient (Wildman–Crippen LogP) is 2.60. The van der Waals surface area contributed by atoms with Gasteiger partial charge in [0.15, 0.2) is 0 Å². The molecule has 0 aliphatic heterocycles. The fraction of sp³-hybridized carbons (Fsp3) is 0.500. The molecule has 1 heterocycles. The SMILES string of the molecule is O=C(/C=C/c1ccco1)NC(C1CC1)C1CC1. The number of nitrogens with one attached hydrogen (secondary N) is 1. The molecule has 2 saturated carbocycles. The smallest absolute Gasteiger partial charge is 0.244 e. The summed E-state index contributed by atoms with van der Waals surface area (Å²) in [6.45, 7) is 0. The molecule has 0 aromatic carbocycles. The number of amides is 1. The van der Waals surface area contributed by atoms with Crippen molar-refractivity contribution in [2.45, 2.75) is 31.7 Å². The minimum atomic E-state index is 0.00481. The zero-order valence-corrected chi connectivity index (χ0v) is 9.76. The van der Waals surface area contributed by atoms with Gasteiger partial charge in [0, 0.05) is 12.1 Å². The quantitative estimate of drug-likeness (QED) is 0.791. The van der Waals surface area contributed by atoms with Crippen molar-refractivity contribution < 1.29 is 9.21 Å². The maximum absolute atomic E-state index is 11.8. The van der Waals surface area contributed by atoms with E-state index >= 15 is 0 Å². The molecule has 1 amide bonds. The highest BCUT2D eigenvalue weighted by atomic mass is 16.3. The number of rotatable bonds is 5. The van der Waals surface area contributed by atoms with Crippen molar-refractivity contribution in [2.24, 2.45) is 11.8 Å². The molecule has 0 unspecified atom stereocenters. The Kier molecular flexibility index (Phi) is 2.75. The Morgan fingerprint density at radius 2 is 2.06 bits per heavy atom. The maximum atomic E-state index is 11.8. The molecule has 1 aromatic heterocycles. The van der Waals surface area contributed by atoms with Gasteiger partial charge >= 0.3 is 0 Å². The van der Waals surface area contributed by atoms with Crippen LogP contribution >= 0.6 is 0 Å². The molecule has 0 saturated heterocycles. The van der Waals surface area contributed by atoms with Crippen molar-refractivity contribution >= 4 is 12.0 Å².